The Kier molecular flexibility index (Phi) is 8.26. The van der Waals surface area contributed by atoms with Gasteiger partial charge in [0.2, 0.25) is 5.91 Å². The number of nitrogens with one attached hydrogen (secondary N) is 1. The van der Waals surface area contributed by atoms with E-state index < -0.39 is 0 Å². The molecule has 3 N–H and O–H groups in total. The predicted octanol–water partition coefficient (Wildman–Crippen LogP) is 1.85. The van der Waals surface area contributed by atoms with Crippen LogP contribution < -0.4 is 15.8 Å². The summed E-state index contributed by atoms with van der Waals surface area (Å²) in [6.07, 6.45) is 1.78. The van der Waals surface area contributed by atoms with Gasteiger partial charge in [0.25, 0.3) is 5.91 Å². The van der Waals surface area contributed by atoms with Gasteiger partial charge < -0.3 is 20.7 Å². The number of ether oxygens (including phenoxy) is 1. The van der Waals surface area contributed by atoms with Crippen molar-refractivity contribution < 1.29 is 14.3 Å². The smallest absolute Gasteiger partial charge is 0.259 e. The van der Waals surface area contributed by atoms with Crippen molar-refractivity contribution in [2.45, 2.75) is 45.2 Å². The highest BCUT2D eigenvalue weighted by atomic mass is 16.5. The number of carbonyl (C=O) groups is 2. The van der Waals surface area contributed by atoms with E-state index in [1.54, 1.807) is 14.1 Å². The van der Waals surface area contributed by atoms with Crippen LogP contribution in [0.2, 0.25) is 0 Å². The normalized spacial score (nSPS) is 13.0. The summed E-state index contributed by atoms with van der Waals surface area (Å²) in [7, 11) is 3.37. The summed E-state index contributed by atoms with van der Waals surface area (Å²) in [5.74, 6) is 0.476. The fourth-order valence-corrected chi connectivity index (χ4v) is 2.19. The Labute approximate surface area is 144 Å². The van der Waals surface area contributed by atoms with Crippen LogP contribution in [0.3, 0.4) is 0 Å². The highest BCUT2D eigenvalue weighted by molar-refractivity contribution is 5.77. The maximum absolute atomic E-state index is 12.1. The first kappa shape index (κ1) is 20.0. The summed E-state index contributed by atoms with van der Waals surface area (Å²) < 4.78 is 5.66. The lowest BCUT2D eigenvalue weighted by Gasteiger charge is -2.21. The molecule has 24 heavy (non-hydrogen) atoms. The van der Waals surface area contributed by atoms with Crippen molar-refractivity contribution in [1.82, 2.24) is 10.2 Å². The molecule has 134 valence electrons. The molecule has 0 aromatic heterocycles. The summed E-state index contributed by atoms with van der Waals surface area (Å²) in [6.45, 7) is 3.85. The number of nitrogens with zero attached hydrogens (tertiary/aromatic N) is 1. The Morgan fingerprint density at radius 1 is 1.29 bits per heavy atom. The van der Waals surface area contributed by atoms with Crippen molar-refractivity contribution >= 4 is 11.8 Å². The Bertz CT molecular complexity index is 544. The van der Waals surface area contributed by atoms with E-state index >= 15 is 0 Å². The van der Waals surface area contributed by atoms with Crippen molar-refractivity contribution in [3.05, 3.63) is 29.8 Å². The zero-order valence-electron chi connectivity index (χ0n) is 15.0. The standard InChI is InChI=1S/C18H29N3O3/c1-5-15(20-17(22)11-10-13(2)19)14-8-6-7-9-16(14)24-12-18(23)21(3)4/h6-9,13,15H,5,10-12,19H2,1-4H3,(H,20,22). The molecule has 2 amide bonds. The van der Waals surface area contributed by atoms with Gasteiger partial charge in [-0.2, -0.15) is 0 Å². The lowest BCUT2D eigenvalue weighted by Crippen LogP contribution is -2.30. The second-order valence-electron chi connectivity index (χ2n) is 6.16. The third-order valence-corrected chi connectivity index (χ3v) is 3.71. The molecule has 0 aliphatic heterocycles. The third kappa shape index (κ3) is 6.58. The molecule has 0 saturated carbocycles. The summed E-state index contributed by atoms with van der Waals surface area (Å²) in [4.78, 5) is 25.3. The van der Waals surface area contributed by atoms with Gasteiger partial charge in [-0.15, -0.1) is 0 Å². The molecule has 6 nitrogen and oxygen atoms in total. The van der Waals surface area contributed by atoms with Crippen LogP contribution in [0, 0.1) is 0 Å². The molecule has 0 heterocycles. The van der Waals surface area contributed by atoms with E-state index in [2.05, 4.69) is 5.32 Å². The van der Waals surface area contributed by atoms with Gasteiger partial charge in [-0.25, -0.2) is 0 Å². The minimum absolute atomic E-state index is 0.00323. The topological polar surface area (TPSA) is 84.7 Å². The van der Waals surface area contributed by atoms with Crippen molar-refractivity contribution in [3.63, 3.8) is 0 Å². The van der Waals surface area contributed by atoms with Gasteiger partial charge in [0, 0.05) is 32.1 Å². The van der Waals surface area contributed by atoms with E-state index in [4.69, 9.17) is 10.5 Å². The van der Waals surface area contributed by atoms with Gasteiger partial charge >= 0.3 is 0 Å². The molecule has 0 saturated heterocycles. The van der Waals surface area contributed by atoms with Crippen LogP contribution in [-0.4, -0.2) is 43.5 Å². The maximum Gasteiger partial charge on any atom is 0.259 e. The molecule has 1 aromatic rings. The lowest BCUT2D eigenvalue weighted by atomic mass is 10.0. The Morgan fingerprint density at radius 2 is 1.96 bits per heavy atom. The van der Waals surface area contributed by atoms with Gasteiger partial charge in [0.15, 0.2) is 6.61 Å². The number of hydrogen-bond acceptors (Lipinski definition) is 4. The maximum atomic E-state index is 12.1. The molecule has 1 aromatic carbocycles. The predicted molar refractivity (Wildman–Crippen MR) is 94.7 cm³/mol. The van der Waals surface area contributed by atoms with Gasteiger partial charge in [0.1, 0.15) is 5.75 Å². The number of benzene rings is 1. The molecule has 0 radical (unpaired) electrons. The Morgan fingerprint density at radius 3 is 2.54 bits per heavy atom. The first-order chi connectivity index (χ1) is 11.3. The van der Waals surface area contributed by atoms with Crippen molar-refractivity contribution in [2.24, 2.45) is 5.73 Å². The molecule has 1 rings (SSSR count). The van der Waals surface area contributed by atoms with Crippen LogP contribution in [0.5, 0.6) is 5.75 Å². The minimum atomic E-state index is -0.156. The first-order valence-electron chi connectivity index (χ1n) is 8.32. The van der Waals surface area contributed by atoms with Gasteiger partial charge in [0.05, 0.1) is 6.04 Å². The van der Waals surface area contributed by atoms with Crippen LogP contribution in [0.15, 0.2) is 24.3 Å². The second kappa shape index (κ2) is 9.93. The summed E-state index contributed by atoms with van der Waals surface area (Å²) >= 11 is 0. The first-order valence-corrected chi connectivity index (χ1v) is 8.32. The highest BCUT2D eigenvalue weighted by Gasteiger charge is 2.17. The van der Waals surface area contributed by atoms with Crippen LogP contribution in [0.1, 0.15) is 44.7 Å². The number of rotatable bonds is 9. The quantitative estimate of drug-likeness (QED) is 0.721. The largest absolute Gasteiger partial charge is 0.483 e. The number of carbonyl (C=O) groups excluding carboxylic acids is 2. The van der Waals surface area contributed by atoms with Gasteiger partial charge in [-0.1, -0.05) is 25.1 Å². The van der Waals surface area contributed by atoms with Crippen LogP contribution in [-0.2, 0) is 9.59 Å². The fraction of sp³-hybridized carbons (Fsp3) is 0.556. The zero-order valence-corrected chi connectivity index (χ0v) is 15.0. The SMILES string of the molecule is CCC(NC(=O)CCC(C)N)c1ccccc1OCC(=O)N(C)C. The number of likely N-dealkylation sites (N-methyl/N-ethyl adjacent to an activating group) is 1. The molecular weight excluding hydrogens is 306 g/mol. The number of para-hydroxylation sites is 1. The van der Waals surface area contributed by atoms with Crippen molar-refractivity contribution in [1.29, 1.82) is 0 Å². The summed E-state index contributed by atoms with van der Waals surface area (Å²) in [6, 6.07) is 7.32. The third-order valence-electron chi connectivity index (χ3n) is 3.71. The number of amides is 2. The Hall–Kier alpha value is -2.08. The average molecular weight is 335 g/mol. The van der Waals surface area contributed by atoms with E-state index in [1.165, 1.54) is 4.90 Å². The Balaban J connectivity index is 2.78. The van der Waals surface area contributed by atoms with Gasteiger partial charge in [-0.3, -0.25) is 9.59 Å². The lowest BCUT2D eigenvalue weighted by molar-refractivity contribution is -0.130. The average Bonchev–Trinajstić information content (AvgIpc) is 2.55. The van der Waals surface area contributed by atoms with Crippen LogP contribution >= 0.6 is 0 Å². The summed E-state index contributed by atoms with van der Waals surface area (Å²) in [5, 5.41) is 3.02. The molecule has 0 spiro atoms. The number of hydrogen-bond donors (Lipinski definition) is 2. The molecule has 0 fully saturated rings. The van der Waals surface area contributed by atoms with E-state index in [9.17, 15) is 9.59 Å². The molecular formula is C18H29N3O3. The van der Waals surface area contributed by atoms with E-state index in [-0.39, 0.29) is 30.5 Å². The molecule has 2 unspecified atom stereocenters. The monoisotopic (exact) mass is 335 g/mol. The minimum Gasteiger partial charge on any atom is -0.483 e. The molecule has 0 aliphatic rings. The van der Waals surface area contributed by atoms with Crippen molar-refractivity contribution in [2.75, 3.05) is 20.7 Å². The number of nitrogens with two attached hydrogens (primary N) is 1. The summed E-state index contributed by atoms with van der Waals surface area (Å²) in [5.41, 5.74) is 6.57. The van der Waals surface area contributed by atoms with Gasteiger partial charge in [-0.05, 0) is 25.8 Å². The van der Waals surface area contributed by atoms with E-state index in [0.717, 1.165) is 12.0 Å². The zero-order chi connectivity index (χ0) is 18.1. The van der Waals surface area contributed by atoms with E-state index in [1.807, 2.05) is 38.1 Å². The molecule has 2 atom stereocenters. The highest BCUT2D eigenvalue weighted by Crippen LogP contribution is 2.27. The molecule has 0 aliphatic carbocycles. The molecule has 0 bridgehead atoms. The molecule has 6 heteroatoms. The van der Waals surface area contributed by atoms with Crippen molar-refractivity contribution in [3.8, 4) is 5.75 Å². The van der Waals surface area contributed by atoms with Crippen LogP contribution in [0.25, 0.3) is 0 Å². The van der Waals surface area contributed by atoms with E-state index in [0.29, 0.717) is 18.6 Å². The fourth-order valence-electron chi connectivity index (χ4n) is 2.19. The second-order valence-corrected chi connectivity index (χ2v) is 6.16. The van der Waals surface area contributed by atoms with Crippen LogP contribution in [0.4, 0.5) is 0 Å².